The van der Waals surface area contributed by atoms with Gasteiger partial charge in [0.25, 0.3) is 0 Å². The van der Waals surface area contributed by atoms with Crippen LogP contribution in [0.5, 0.6) is 0 Å². The molecule has 1 aliphatic heterocycles. The molecule has 1 heteroatoms. The highest BCUT2D eigenvalue weighted by Gasteiger charge is 2.14. The van der Waals surface area contributed by atoms with Crippen molar-refractivity contribution in [1.82, 2.24) is 0 Å². The molecule has 9 heavy (non-hydrogen) atoms. The molecule has 1 saturated heterocycles. The van der Waals surface area contributed by atoms with Crippen LogP contribution in [0, 0.1) is 11.8 Å². The van der Waals surface area contributed by atoms with Crippen molar-refractivity contribution in [3.8, 4) is 0 Å². The molecular formula is C8H16O. The minimum atomic E-state index is 0.771. The van der Waals surface area contributed by atoms with Gasteiger partial charge in [0.05, 0.1) is 0 Å². The molecule has 0 spiro atoms. The lowest BCUT2D eigenvalue weighted by atomic mass is 9.93. The summed E-state index contributed by atoms with van der Waals surface area (Å²) in [5, 5.41) is 0. The Bertz CT molecular complexity index is 70.6. The van der Waals surface area contributed by atoms with Gasteiger partial charge >= 0.3 is 0 Å². The second-order valence-electron chi connectivity index (χ2n) is 3.17. The van der Waals surface area contributed by atoms with E-state index in [2.05, 4.69) is 13.8 Å². The van der Waals surface area contributed by atoms with Crippen LogP contribution in [0.3, 0.4) is 0 Å². The average molecular weight is 128 g/mol. The lowest BCUT2D eigenvalue weighted by Crippen LogP contribution is -2.10. The van der Waals surface area contributed by atoms with E-state index in [9.17, 15) is 0 Å². The highest BCUT2D eigenvalue weighted by atomic mass is 16.5. The predicted octanol–water partition coefficient (Wildman–Crippen LogP) is 2.07. The molecule has 0 amide bonds. The first-order chi connectivity index (χ1) is 4.30. The molecule has 1 fully saturated rings. The Morgan fingerprint density at radius 3 is 2.78 bits per heavy atom. The normalized spacial score (nSPS) is 38.0. The van der Waals surface area contributed by atoms with E-state index in [0.29, 0.717) is 0 Å². The summed E-state index contributed by atoms with van der Waals surface area (Å²) in [5.74, 6) is 1.64. The Morgan fingerprint density at radius 1 is 1.22 bits per heavy atom. The third kappa shape index (κ3) is 1.98. The molecule has 54 valence electrons. The van der Waals surface area contributed by atoms with Gasteiger partial charge in [-0.25, -0.2) is 0 Å². The molecule has 0 aliphatic carbocycles. The lowest BCUT2D eigenvalue weighted by Gasteiger charge is -2.13. The van der Waals surface area contributed by atoms with Gasteiger partial charge in [0, 0.05) is 13.2 Å². The molecule has 0 radical (unpaired) electrons. The number of ether oxygens (including phenoxy) is 1. The zero-order valence-electron chi connectivity index (χ0n) is 6.39. The van der Waals surface area contributed by atoms with Crippen LogP contribution in [0.1, 0.15) is 26.7 Å². The number of hydrogen-bond donors (Lipinski definition) is 0. The molecule has 0 N–H and O–H groups in total. The van der Waals surface area contributed by atoms with Gasteiger partial charge in [-0.15, -0.1) is 0 Å². The minimum absolute atomic E-state index is 0.771. The number of rotatable bonds is 0. The molecule has 1 nitrogen and oxygen atoms in total. The van der Waals surface area contributed by atoms with Crippen molar-refractivity contribution in [2.24, 2.45) is 11.8 Å². The molecule has 0 aromatic heterocycles. The molecule has 0 aromatic rings. The van der Waals surface area contributed by atoms with Crippen LogP contribution in [0.2, 0.25) is 0 Å². The van der Waals surface area contributed by atoms with Crippen LogP contribution in [0.25, 0.3) is 0 Å². The van der Waals surface area contributed by atoms with E-state index < -0.39 is 0 Å². The van der Waals surface area contributed by atoms with Crippen molar-refractivity contribution in [2.45, 2.75) is 26.7 Å². The first-order valence-corrected chi connectivity index (χ1v) is 3.88. The molecule has 0 saturated carbocycles. The zero-order chi connectivity index (χ0) is 6.69. The summed E-state index contributed by atoms with van der Waals surface area (Å²) in [6.45, 7) is 6.55. The Kier molecular flexibility index (Phi) is 2.52. The first-order valence-electron chi connectivity index (χ1n) is 3.88. The largest absolute Gasteiger partial charge is 0.381 e. The van der Waals surface area contributed by atoms with E-state index in [1.807, 2.05) is 0 Å². The standard InChI is InChI=1S/C8H16O/c1-7-4-3-5-9-6-8(7)2/h7-8H,3-6H2,1-2H3. The fourth-order valence-electron chi connectivity index (χ4n) is 1.23. The van der Waals surface area contributed by atoms with Gasteiger partial charge in [0.2, 0.25) is 0 Å². The molecular weight excluding hydrogens is 112 g/mol. The van der Waals surface area contributed by atoms with Gasteiger partial charge < -0.3 is 4.74 Å². The van der Waals surface area contributed by atoms with Crippen molar-refractivity contribution >= 4 is 0 Å². The molecule has 1 heterocycles. The number of hydrogen-bond acceptors (Lipinski definition) is 1. The Balaban J connectivity index is 2.32. The van der Waals surface area contributed by atoms with E-state index in [-0.39, 0.29) is 0 Å². The van der Waals surface area contributed by atoms with Crippen LogP contribution < -0.4 is 0 Å². The molecule has 2 atom stereocenters. The van der Waals surface area contributed by atoms with Gasteiger partial charge in [-0.1, -0.05) is 13.8 Å². The quantitative estimate of drug-likeness (QED) is 0.485. The highest BCUT2D eigenvalue weighted by molar-refractivity contribution is 4.64. The van der Waals surface area contributed by atoms with Crippen LogP contribution in [-0.4, -0.2) is 13.2 Å². The van der Waals surface area contributed by atoms with Crippen molar-refractivity contribution in [2.75, 3.05) is 13.2 Å². The maximum absolute atomic E-state index is 5.38. The SMILES string of the molecule is CC1CCCOCC1C. The summed E-state index contributed by atoms with van der Waals surface area (Å²) >= 11 is 0. The fourth-order valence-corrected chi connectivity index (χ4v) is 1.23. The van der Waals surface area contributed by atoms with E-state index in [1.165, 1.54) is 12.8 Å². The van der Waals surface area contributed by atoms with E-state index in [4.69, 9.17) is 4.74 Å². The van der Waals surface area contributed by atoms with Gasteiger partial charge in [-0.3, -0.25) is 0 Å². The third-order valence-corrected chi connectivity index (χ3v) is 2.30. The maximum Gasteiger partial charge on any atom is 0.0494 e. The van der Waals surface area contributed by atoms with Crippen molar-refractivity contribution < 1.29 is 4.74 Å². The van der Waals surface area contributed by atoms with Gasteiger partial charge in [-0.2, -0.15) is 0 Å². The van der Waals surface area contributed by atoms with Crippen molar-refractivity contribution in [3.63, 3.8) is 0 Å². The van der Waals surface area contributed by atoms with Crippen LogP contribution in [-0.2, 0) is 4.74 Å². The molecule has 1 rings (SSSR count). The van der Waals surface area contributed by atoms with Crippen molar-refractivity contribution in [3.05, 3.63) is 0 Å². The molecule has 0 bridgehead atoms. The van der Waals surface area contributed by atoms with Crippen LogP contribution in [0.15, 0.2) is 0 Å². The van der Waals surface area contributed by atoms with E-state index in [1.54, 1.807) is 0 Å². The molecule has 2 unspecified atom stereocenters. The van der Waals surface area contributed by atoms with E-state index >= 15 is 0 Å². The Hall–Kier alpha value is -0.0400. The minimum Gasteiger partial charge on any atom is -0.381 e. The highest BCUT2D eigenvalue weighted by Crippen LogP contribution is 2.20. The van der Waals surface area contributed by atoms with Gasteiger partial charge in [0.15, 0.2) is 0 Å². The summed E-state index contributed by atoms with van der Waals surface area (Å²) < 4.78 is 5.38. The Labute approximate surface area is 57.4 Å². The summed E-state index contributed by atoms with van der Waals surface area (Å²) in [4.78, 5) is 0. The zero-order valence-corrected chi connectivity index (χ0v) is 6.39. The molecule has 0 aromatic carbocycles. The maximum atomic E-state index is 5.38. The second-order valence-corrected chi connectivity index (χ2v) is 3.17. The summed E-state index contributed by atoms with van der Waals surface area (Å²) in [7, 11) is 0. The van der Waals surface area contributed by atoms with Crippen molar-refractivity contribution in [1.29, 1.82) is 0 Å². The summed E-state index contributed by atoms with van der Waals surface area (Å²) in [6, 6.07) is 0. The fraction of sp³-hybridized carbons (Fsp3) is 1.00. The lowest BCUT2D eigenvalue weighted by molar-refractivity contribution is 0.113. The van der Waals surface area contributed by atoms with Crippen LogP contribution >= 0.6 is 0 Å². The Morgan fingerprint density at radius 2 is 2.00 bits per heavy atom. The summed E-state index contributed by atoms with van der Waals surface area (Å²) in [5.41, 5.74) is 0. The van der Waals surface area contributed by atoms with Gasteiger partial charge in [0.1, 0.15) is 0 Å². The second kappa shape index (κ2) is 3.21. The monoisotopic (exact) mass is 128 g/mol. The van der Waals surface area contributed by atoms with Crippen LogP contribution in [0.4, 0.5) is 0 Å². The van der Waals surface area contributed by atoms with E-state index in [0.717, 1.165) is 25.0 Å². The third-order valence-electron chi connectivity index (χ3n) is 2.30. The smallest absolute Gasteiger partial charge is 0.0494 e. The predicted molar refractivity (Wildman–Crippen MR) is 38.4 cm³/mol. The topological polar surface area (TPSA) is 9.23 Å². The molecule has 1 aliphatic rings. The summed E-state index contributed by atoms with van der Waals surface area (Å²) in [6.07, 6.45) is 2.60. The average Bonchev–Trinajstić information content (AvgIpc) is 1.99. The first kappa shape index (κ1) is 7.07. The van der Waals surface area contributed by atoms with Gasteiger partial charge in [-0.05, 0) is 24.7 Å².